The van der Waals surface area contributed by atoms with E-state index in [4.69, 9.17) is 0 Å². The molecule has 0 nitrogen and oxygen atoms in total. The van der Waals surface area contributed by atoms with E-state index >= 15 is 0 Å². The van der Waals surface area contributed by atoms with E-state index in [0.29, 0.717) is 0 Å². The Kier molecular flexibility index (Phi) is 8.82. The summed E-state index contributed by atoms with van der Waals surface area (Å²) in [5, 5.41) is 0. The van der Waals surface area contributed by atoms with Crippen molar-refractivity contribution in [3.05, 3.63) is 217 Å². The summed E-state index contributed by atoms with van der Waals surface area (Å²) in [7, 11) is 0. The molecule has 50 heavy (non-hydrogen) atoms. The Labute approximate surface area is 295 Å². The molecule has 0 bridgehead atoms. The van der Waals surface area contributed by atoms with E-state index in [0.717, 1.165) is 5.56 Å². The molecule has 0 spiro atoms. The van der Waals surface area contributed by atoms with Crippen LogP contribution in [0.5, 0.6) is 0 Å². The lowest BCUT2D eigenvalue weighted by Gasteiger charge is -2.28. The summed E-state index contributed by atoms with van der Waals surface area (Å²) in [5.41, 5.74) is 16.8. The van der Waals surface area contributed by atoms with Crippen LogP contribution < -0.4 is 0 Å². The molecule has 0 aliphatic rings. The first-order valence-electron chi connectivity index (χ1n) is 17.2. The van der Waals surface area contributed by atoms with Gasteiger partial charge in [-0.05, 0) is 77.9 Å². The Hall–Kier alpha value is -6.50. The van der Waals surface area contributed by atoms with Crippen molar-refractivity contribution in [1.82, 2.24) is 0 Å². The highest BCUT2D eigenvalue weighted by molar-refractivity contribution is 6.15. The quantitative estimate of drug-likeness (QED) is 0.146. The van der Waals surface area contributed by atoms with Gasteiger partial charge in [0.2, 0.25) is 0 Å². The molecule has 0 unspecified atom stereocenters. The highest BCUT2D eigenvalue weighted by atomic mass is 14.3. The van der Waals surface area contributed by atoms with Gasteiger partial charge in [0.1, 0.15) is 0 Å². The number of benzene rings is 8. The second-order valence-corrected chi connectivity index (χ2v) is 12.4. The van der Waals surface area contributed by atoms with Crippen LogP contribution in [0, 0.1) is 0 Å². The van der Waals surface area contributed by atoms with E-state index in [1.807, 2.05) is 0 Å². The molecule has 8 aromatic carbocycles. The summed E-state index contributed by atoms with van der Waals surface area (Å²) in [5.74, 6) is 0. The fraction of sp³-hybridized carbons (Fsp3) is 0. The summed E-state index contributed by atoms with van der Waals surface area (Å²) in [6.07, 6.45) is 4.37. The van der Waals surface area contributed by atoms with Gasteiger partial charge < -0.3 is 0 Å². The Balaban J connectivity index is 1.54. The molecular weight excluding hydrogens is 601 g/mol. The summed E-state index contributed by atoms with van der Waals surface area (Å²) < 4.78 is 0. The van der Waals surface area contributed by atoms with Crippen LogP contribution in [0.15, 0.2) is 206 Å². The maximum Gasteiger partial charge on any atom is -0.00139 e. The van der Waals surface area contributed by atoms with Gasteiger partial charge in [-0.2, -0.15) is 0 Å². The summed E-state index contributed by atoms with van der Waals surface area (Å²) in [4.78, 5) is 0. The second-order valence-electron chi connectivity index (χ2n) is 12.4. The third kappa shape index (κ3) is 6.23. The molecule has 8 rings (SSSR count). The normalized spacial score (nSPS) is 11.1. The third-order valence-electron chi connectivity index (χ3n) is 9.28. The maximum atomic E-state index is 2.30. The molecule has 0 aliphatic carbocycles. The molecule has 0 amide bonds. The summed E-state index contributed by atoms with van der Waals surface area (Å²) in [6.45, 7) is 0. The molecule has 236 valence electrons. The van der Waals surface area contributed by atoms with Crippen LogP contribution >= 0.6 is 0 Å². The van der Waals surface area contributed by atoms with Gasteiger partial charge in [-0.25, -0.2) is 0 Å². The van der Waals surface area contributed by atoms with E-state index in [-0.39, 0.29) is 0 Å². The molecule has 0 aliphatic heterocycles. The van der Waals surface area contributed by atoms with Crippen LogP contribution in [-0.2, 0) is 0 Å². The van der Waals surface area contributed by atoms with Gasteiger partial charge in [0.15, 0.2) is 0 Å². The van der Waals surface area contributed by atoms with Crippen molar-refractivity contribution < 1.29 is 0 Å². The zero-order valence-electron chi connectivity index (χ0n) is 27.8. The van der Waals surface area contributed by atoms with Gasteiger partial charge in [-0.1, -0.05) is 218 Å². The predicted molar refractivity (Wildman–Crippen MR) is 214 cm³/mol. The first-order chi connectivity index (χ1) is 24.8. The van der Waals surface area contributed by atoms with Crippen molar-refractivity contribution in [3.8, 4) is 66.8 Å². The fourth-order valence-electron chi connectivity index (χ4n) is 7.02. The van der Waals surface area contributed by atoms with Crippen molar-refractivity contribution in [2.24, 2.45) is 0 Å². The topological polar surface area (TPSA) is 0 Å². The zero-order valence-corrected chi connectivity index (χ0v) is 27.8. The smallest absolute Gasteiger partial charge is 0.00139 e. The van der Waals surface area contributed by atoms with Crippen molar-refractivity contribution in [1.29, 1.82) is 0 Å². The molecule has 0 aromatic heterocycles. The monoisotopic (exact) mass is 636 g/mol. The lowest BCUT2D eigenvalue weighted by atomic mass is 9.74. The van der Waals surface area contributed by atoms with Crippen LogP contribution in [0.3, 0.4) is 0 Å². The molecule has 0 saturated heterocycles. The van der Waals surface area contributed by atoms with E-state index in [1.165, 1.54) is 72.3 Å². The molecule has 0 radical (unpaired) electrons. The molecule has 0 atom stereocenters. The third-order valence-corrected chi connectivity index (χ3v) is 9.28. The van der Waals surface area contributed by atoms with Gasteiger partial charge in [0, 0.05) is 0 Å². The maximum absolute atomic E-state index is 2.30. The second kappa shape index (κ2) is 14.3. The molecule has 0 heteroatoms. The lowest BCUT2D eigenvalue weighted by Crippen LogP contribution is -2.02. The van der Waals surface area contributed by atoms with Crippen molar-refractivity contribution >= 4 is 12.2 Å². The van der Waals surface area contributed by atoms with Crippen LogP contribution in [0.25, 0.3) is 78.9 Å². The van der Waals surface area contributed by atoms with Gasteiger partial charge in [0.05, 0.1) is 0 Å². The Morgan fingerprint density at radius 2 is 0.380 bits per heavy atom. The van der Waals surface area contributed by atoms with Gasteiger partial charge >= 0.3 is 0 Å². The van der Waals surface area contributed by atoms with Crippen molar-refractivity contribution in [2.75, 3.05) is 0 Å². The van der Waals surface area contributed by atoms with Gasteiger partial charge in [0.25, 0.3) is 0 Å². The van der Waals surface area contributed by atoms with Crippen molar-refractivity contribution in [2.45, 2.75) is 0 Å². The van der Waals surface area contributed by atoms with Crippen LogP contribution in [0.2, 0.25) is 0 Å². The minimum Gasteiger partial charge on any atom is -0.0622 e. The molecule has 0 heterocycles. The highest BCUT2D eigenvalue weighted by Gasteiger charge is 2.28. The first kappa shape index (κ1) is 30.8. The zero-order chi connectivity index (χ0) is 33.5. The number of hydrogen-bond acceptors (Lipinski definition) is 0. The standard InChI is InChI=1S/C50H36/c1-7-19-37(20-8-1)31-32-38-33-35-44(36-34-38)50-48(42-27-15-5-16-28-42)46(40-23-11-3-12-24-40)45(39-21-9-2-10-22-39)47(41-25-13-4-14-26-41)49(50)43-29-17-6-18-30-43/h1-36H/b32-31+. The van der Waals surface area contributed by atoms with Gasteiger partial charge in [-0.15, -0.1) is 0 Å². The molecule has 8 aromatic rings. The number of hydrogen-bond donors (Lipinski definition) is 0. The molecule has 0 N–H and O–H groups in total. The average Bonchev–Trinajstić information content (AvgIpc) is 3.21. The van der Waals surface area contributed by atoms with E-state index in [1.54, 1.807) is 0 Å². The Bertz CT molecular complexity index is 2240. The van der Waals surface area contributed by atoms with E-state index < -0.39 is 0 Å². The van der Waals surface area contributed by atoms with E-state index in [9.17, 15) is 0 Å². The number of rotatable bonds is 8. The minimum absolute atomic E-state index is 1.16. The minimum atomic E-state index is 1.16. The fourth-order valence-corrected chi connectivity index (χ4v) is 7.02. The average molecular weight is 637 g/mol. The SMILES string of the molecule is C(=C\c1ccc(-c2c(-c3ccccc3)c(-c3ccccc3)c(-c3ccccc3)c(-c3ccccc3)c2-c2ccccc2)cc1)/c1ccccc1. The van der Waals surface area contributed by atoms with Crippen LogP contribution in [0.1, 0.15) is 11.1 Å². The summed E-state index contributed by atoms with van der Waals surface area (Å²) in [6, 6.07) is 74.2. The molecule has 0 saturated carbocycles. The predicted octanol–water partition coefficient (Wildman–Crippen LogP) is 13.9. The molecule has 0 fully saturated rings. The van der Waals surface area contributed by atoms with E-state index in [2.05, 4.69) is 218 Å². The summed E-state index contributed by atoms with van der Waals surface area (Å²) >= 11 is 0. The van der Waals surface area contributed by atoms with Gasteiger partial charge in [-0.3, -0.25) is 0 Å². The lowest BCUT2D eigenvalue weighted by molar-refractivity contribution is 1.51. The Morgan fingerprint density at radius 3 is 0.640 bits per heavy atom. The van der Waals surface area contributed by atoms with Crippen LogP contribution in [0.4, 0.5) is 0 Å². The van der Waals surface area contributed by atoms with Crippen molar-refractivity contribution in [3.63, 3.8) is 0 Å². The highest BCUT2D eigenvalue weighted by Crippen LogP contribution is 2.55. The first-order valence-corrected chi connectivity index (χ1v) is 17.2. The largest absolute Gasteiger partial charge is 0.0622 e. The molecular formula is C50H36. The Morgan fingerprint density at radius 1 is 0.180 bits per heavy atom. The van der Waals surface area contributed by atoms with Crippen LogP contribution in [-0.4, -0.2) is 0 Å².